The number of anilines is 2. The van der Waals surface area contributed by atoms with Crippen LogP contribution in [0, 0.1) is 0 Å². The number of nitrogens with one attached hydrogen (secondary N) is 1. The molecule has 21 heavy (non-hydrogen) atoms. The maximum absolute atomic E-state index is 12.3. The first-order valence-electron chi connectivity index (χ1n) is 5.55. The molecule has 0 fully saturated rings. The Morgan fingerprint density at radius 3 is 2.67 bits per heavy atom. The summed E-state index contributed by atoms with van der Waals surface area (Å²) in [5.41, 5.74) is 5.39. The van der Waals surface area contributed by atoms with Crippen LogP contribution < -0.4 is 10.5 Å². The number of nitrogens with zero attached hydrogens (tertiary/aromatic N) is 2. The molecule has 0 amide bonds. The molecule has 2 rings (SSSR count). The van der Waals surface area contributed by atoms with Gasteiger partial charge in [-0.05, 0) is 18.2 Å². The summed E-state index contributed by atoms with van der Waals surface area (Å²) in [7, 11) is -2.70. The van der Waals surface area contributed by atoms with Crippen molar-refractivity contribution < 1.29 is 18.3 Å². The average Bonchev–Trinajstić information content (AvgIpc) is 2.68. The lowest BCUT2D eigenvalue weighted by Crippen LogP contribution is -2.19. The van der Waals surface area contributed by atoms with E-state index in [0.717, 1.165) is 4.68 Å². The first kappa shape index (κ1) is 15.1. The quantitative estimate of drug-likeness (QED) is 0.722. The number of nitrogen functional groups attached to an aromatic ring is 1. The number of carboxylic acid groups (broad SMARTS) is 1. The van der Waals surface area contributed by atoms with Crippen LogP contribution in [0.25, 0.3) is 0 Å². The van der Waals surface area contributed by atoms with Gasteiger partial charge in [0.1, 0.15) is 0 Å². The lowest BCUT2D eigenvalue weighted by atomic mass is 10.1. The highest BCUT2D eigenvalue weighted by molar-refractivity contribution is 7.92. The predicted octanol–water partition coefficient (Wildman–Crippen LogP) is 1.15. The highest BCUT2D eigenvalue weighted by Gasteiger charge is 2.24. The van der Waals surface area contributed by atoms with Crippen molar-refractivity contribution in [1.29, 1.82) is 0 Å². The number of hydrogen-bond donors (Lipinski definition) is 3. The van der Waals surface area contributed by atoms with Gasteiger partial charge in [0.15, 0.2) is 5.03 Å². The topological polar surface area (TPSA) is 127 Å². The van der Waals surface area contributed by atoms with Crippen LogP contribution in [-0.2, 0) is 17.1 Å². The molecule has 0 aliphatic rings. The van der Waals surface area contributed by atoms with Crippen LogP contribution in [0.4, 0.5) is 11.4 Å². The molecule has 0 unspecified atom stereocenters. The zero-order chi connectivity index (χ0) is 15.8. The van der Waals surface area contributed by atoms with Crippen LogP contribution in [0.15, 0.2) is 29.4 Å². The summed E-state index contributed by atoms with van der Waals surface area (Å²) in [6.45, 7) is 0. The van der Waals surface area contributed by atoms with Crippen LogP contribution in [-0.4, -0.2) is 29.3 Å². The van der Waals surface area contributed by atoms with Gasteiger partial charge in [-0.15, -0.1) is 0 Å². The van der Waals surface area contributed by atoms with E-state index in [9.17, 15) is 13.2 Å². The van der Waals surface area contributed by atoms with E-state index in [1.807, 2.05) is 0 Å². The zero-order valence-electron chi connectivity index (χ0n) is 10.7. The van der Waals surface area contributed by atoms with Crippen molar-refractivity contribution in [1.82, 2.24) is 9.78 Å². The SMILES string of the molecule is Cn1ncc(Cl)c1S(=O)(=O)Nc1cc(N)ccc1C(=O)O. The summed E-state index contributed by atoms with van der Waals surface area (Å²) in [4.78, 5) is 11.1. The Balaban J connectivity index is 2.51. The average molecular weight is 331 g/mol. The van der Waals surface area contributed by atoms with Gasteiger partial charge in [-0.1, -0.05) is 11.6 Å². The largest absolute Gasteiger partial charge is 0.478 e. The number of nitrogens with two attached hydrogens (primary N) is 1. The lowest BCUT2D eigenvalue weighted by Gasteiger charge is -2.11. The number of carbonyl (C=O) groups is 1. The molecule has 4 N–H and O–H groups in total. The number of benzene rings is 1. The number of hydrogen-bond acceptors (Lipinski definition) is 5. The van der Waals surface area contributed by atoms with Crippen LogP contribution in [0.5, 0.6) is 0 Å². The van der Waals surface area contributed by atoms with E-state index in [4.69, 9.17) is 22.4 Å². The van der Waals surface area contributed by atoms with Crippen LogP contribution in [0.2, 0.25) is 5.02 Å². The van der Waals surface area contributed by atoms with Crippen molar-refractivity contribution >= 4 is 39.0 Å². The Morgan fingerprint density at radius 2 is 2.14 bits per heavy atom. The van der Waals surface area contributed by atoms with Crippen molar-refractivity contribution in [3.8, 4) is 0 Å². The Labute approximate surface area is 125 Å². The molecule has 0 spiro atoms. The molecule has 0 saturated heterocycles. The second kappa shape index (κ2) is 5.26. The van der Waals surface area contributed by atoms with Gasteiger partial charge in [-0.25, -0.2) is 4.79 Å². The van der Waals surface area contributed by atoms with Gasteiger partial charge in [-0.3, -0.25) is 9.40 Å². The van der Waals surface area contributed by atoms with E-state index in [-0.39, 0.29) is 27.0 Å². The van der Waals surface area contributed by atoms with Crippen LogP contribution in [0.1, 0.15) is 10.4 Å². The zero-order valence-corrected chi connectivity index (χ0v) is 12.3. The second-order valence-corrected chi connectivity index (χ2v) is 6.14. The summed E-state index contributed by atoms with van der Waals surface area (Å²) in [6.07, 6.45) is 1.17. The fraction of sp³-hybridized carbons (Fsp3) is 0.0909. The maximum Gasteiger partial charge on any atom is 0.337 e. The van der Waals surface area contributed by atoms with Gasteiger partial charge < -0.3 is 10.8 Å². The smallest absolute Gasteiger partial charge is 0.337 e. The summed E-state index contributed by atoms with van der Waals surface area (Å²) in [5, 5.41) is 12.4. The highest BCUT2D eigenvalue weighted by Crippen LogP contribution is 2.26. The molecule has 8 nitrogen and oxygen atoms in total. The Morgan fingerprint density at radius 1 is 1.48 bits per heavy atom. The van der Waals surface area contributed by atoms with Crippen molar-refractivity contribution in [2.75, 3.05) is 10.5 Å². The minimum Gasteiger partial charge on any atom is -0.478 e. The summed E-state index contributed by atoms with van der Waals surface area (Å²) in [5.74, 6) is -1.29. The Kier molecular flexibility index (Phi) is 3.79. The Bertz CT molecular complexity index is 796. The van der Waals surface area contributed by atoms with Crippen molar-refractivity contribution in [3.63, 3.8) is 0 Å². The lowest BCUT2D eigenvalue weighted by molar-refractivity contribution is 0.0698. The standard InChI is InChI=1S/C11H11ClN4O4S/c1-16-10(8(12)5-14-16)21(19,20)15-9-4-6(13)2-3-7(9)11(17)18/h2-5,15H,13H2,1H3,(H,17,18). The molecular weight excluding hydrogens is 320 g/mol. The normalized spacial score (nSPS) is 11.3. The number of aryl methyl sites for hydroxylation is 1. The van der Waals surface area contributed by atoms with Gasteiger partial charge in [0, 0.05) is 12.7 Å². The molecule has 1 aromatic carbocycles. The summed E-state index contributed by atoms with van der Waals surface area (Å²) < 4.78 is 27.8. The van der Waals surface area contributed by atoms with Crippen molar-refractivity contribution in [2.24, 2.45) is 7.05 Å². The third kappa shape index (κ3) is 2.93. The molecule has 10 heteroatoms. The van der Waals surface area contributed by atoms with Gasteiger partial charge in [0.2, 0.25) is 0 Å². The number of aromatic nitrogens is 2. The third-order valence-electron chi connectivity index (χ3n) is 2.62. The van der Waals surface area contributed by atoms with Crippen molar-refractivity contribution in [3.05, 3.63) is 35.0 Å². The van der Waals surface area contributed by atoms with Gasteiger partial charge >= 0.3 is 5.97 Å². The van der Waals surface area contributed by atoms with E-state index in [1.54, 1.807) is 0 Å². The number of rotatable bonds is 4. The van der Waals surface area contributed by atoms with E-state index in [1.165, 1.54) is 31.4 Å². The predicted molar refractivity (Wildman–Crippen MR) is 76.8 cm³/mol. The molecule has 1 aromatic heterocycles. The first-order valence-corrected chi connectivity index (χ1v) is 7.41. The molecular formula is C11H11ClN4O4S. The summed E-state index contributed by atoms with van der Waals surface area (Å²) >= 11 is 5.79. The van der Waals surface area contributed by atoms with E-state index >= 15 is 0 Å². The molecule has 112 valence electrons. The maximum atomic E-state index is 12.3. The highest BCUT2D eigenvalue weighted by atomic mass is 35.5. The van der Waals surface area contributed by atoms with Gasteiger partial charge in [0.05, 0.1) is 22.5 Å². The molecule has 0 radical (unpaired) electrons. The van der Waals surface area contributed by atoms with Gasteiger partial charge in [0.25, 0.3) is 10.0 Å². The van der Waals surface area contributed by atoms with Crippen LogP contribution in [0.3, 0.4) is 0 Å². The number of halogens is 1. The number of carboxylic acids is 1. The second-order valence-electron chi connectivity index (χ2n) is 4.14. The fourth-order valence-electron chi connectivity index (χ4n) is 1.73. The van der Waals surface area contributed by atoms with E-state index in [0.29, 0.717) is 0 Å². The van der Waals surface area contributed by atoms with Crippen molar-refractivity contribution in [2.45, 2.75) is 5.03 Å². The first-order chi connectivity index (χ1) is 9.72. The molecule has 0 bridgehead atoms. The molecule has 0 aliphatic carbocycles. The van der Waals surface area contributed by atoms with Gasteiger partial charge in [-0.2, -0.15) is 13.5 Å². The summed E-state index contributed by atoms with van der Waals surface area (Å²) in [6, 6.07) is 3.78. The molecule has 1 heterocycles. The molecule has 0 atom stereocenters. The minimum absolute atomic E-state index is 0.0780. The van der Waals surface area contributed by atoms with E-state index < -0.39 is 16.0 Å². The number of aromatic carboxylic acids is 1. The minimum atomic E-state index is -4.10. The number of sulfonamides is 1. The fourth-order valence-corrected chi connectivity index (χ4v) is 3.46. The third-order valence-corrected chi connectivity index (χ3v) is 4.49. The Hall–Kier alpha value is -2.26. The molecule has 2 aromatic rings. The monoisotopic (exact) mass is 330 g/mol. The van der Waals surface area contributed by atoms with Crippen LogP contribution >= 0.6 is 11.6 Å². The van der Waals surface area contributed by atoms with E-state index in [2.05, 4.69) is 9.82 Å². The molecule has 0 saturated carbocycles. The molecule has 0 aliphatic heterocycles.